The summed E-state index contributed by atoms with van der Waals surface area (Å²) in [7, 11) is 3.25. The maximum absolute atomic E-state index is 13.6. The van der Waals surface area contributed by atoms with E-state index in [0.29, 0.717) is 29.5 Å². The quantitative estimate of drug-likeness (QED) is 0.807. The Bertz CT molecular complexity index is 850. The van der Waals surface area contributed by atoms with Crippen molar-refractivity contribution in [2.75, 3.05) is 31.3 Å². The van der Waals surface area contributed by atoms with E-state index >= 15 is 0 Å². The topological polar surface area (TPSA) is 70.7 Å². The third-order valence-corrected chi connectivity index (χ3v) is 4.14. The number of anilines is 2. The van der Waals surface area contributed by atoms with Crippen molar-refractivity contribution < 1.29 is 18.7 Å². The molecule has 0 heterocycles. The van der Waals surface area contributed by atoms with Gasteiger partial charge in [0.25, 0.3) is 5.91 Å². The molecule has 27 heavy (non-hydrogen) atoms. The Morgan fingerprint density at radius 3 is 2.63 bits per heavy atom. The lowest BCUT2D eigenvalue weighted by atomic mass is 10.1. The van der Waals surface area contributed by atoms with Crippen LogP contribution in [-0.2, 0) is 0 Å². The zero-order chi connectivity index (χ0) is 19.4. The Balaban J connectivity index is 1.73. The molecule has 7 heteroatoms. The second-order valence-electron chi connectivity index (χ2n) is 6.75. The molecular formula is C20H22FN3O3. The number of ether oxygens (including phenoxy) is 1. The number of amides is 3. The lowest BCUT2D eigenvalue weighted by Gasteiger charge is -2.14. The number of hydrogen-bond acceptors (Lipinski definition) is 3. The number of hydrogen-bond donors (Lipinski definition) is 2. The number of halogens is 1. The fraction of sp³-hybridized carbons (Fsp3) is 0.300. The highest BCUT2D eigenvalue weighted by atomic mass is 19.1. The van der Waals surface area contributed by atoms with Gasteiger partial charge in [0, 0.05) is 31.4 Å². The van der Waals surface area contributed by atoms with Gasteiger partial charge in [0.05, 0.1) is 12.3 Å². The van der Waals surface area contributed by atoms with E-state index in [2.05, 4.69) is 10.6 Å². The fourth-order valence-electron chi connectivity index (χ4n) is 2.39. The monoisotopic (exact) mass is 371 g/mol. The van der Waals surface area contributed by atoms with E-state index in [0.717, 1.165) is 12.8 Å². The van der Waals surface area contributed by atoms with Crippen LogP contribution in [0.1, 0.15) is 23.2 Å². The first-order valence-corrected chi connectivity index (χ1v) is 8.74. The second kappa shape index (κ2) is 8.07. The molecule has 0 unspecified atom stereocenters. The van der Waals surface area contributed by atoms with E-state index < -0.39 is 11.7 Å². The van der Waals surface area contributed by atoms with Gasteiger partial charge in [-0.3, -0.25) is 4.79 Å². The summed E-state index contributed by atoms with van der Waals surface area (Å²) in [5, 5.41) is 5.37. The van der Waals surface area contributed by atoms with E-state index in [1.54, 1.807) is 38.4 Å². The molecule has 1 aliphatic carbocycles. The van der Waals surface area contributed by atoms with Gasteiger partial charge >= 0.3 is 6.03 Å². The lowest BCUT2D eigenvalue weighted by molar-refractivity contribution is 0.102. The van der Waals surface area contributed by atoms with Gasteiger partial charge in [-0.05, 0) is 49.1 Å². The van der Waals surface area contributed by atoms with Gasteiger partial charge in [0.2, 0.25) is 0 Å². The van der Waals surface area contributed by atoms with E-state index in [9.17, 15) is 14.0 Å². The van der Waals surface area contributed by atoms with Crippen LogP contribution in [0.3, 0.4) is 0 Å². The normalized spacial score (nSPS) is 13.0. The van der Waals surface area contributed by atoms with Crippen LogP contribution in [0.15, 0.2) is 42.5 Å². The number of carbonyl (C=O) groups is 2. The average Bonchev–Trinajstić information content (AvgIpc) is 3.45. The van der Waals surface area contributed by atoms with E-state index in [4.69, 9.17) is 4.74 Å². The molecule has 0 aromatic heterocycles. The third-order valence-electron chi connectivity index (χ3n) is 4.14. The second-order valence-corrected chi connectivity index (χ2v) is 6.75. The molecule has 2 N–H and O–H groups in total. The van der Waals surface area contributed by atoms with Gasteiger partial charge in [-0.2, -0.15) is 0 Å². The summed E-state index contributed by atoms with van der Waals surface area (Å²) in [5.41, 5.74) is 1.11. The van der Waals surface area contributed by atoms with Gasteiger partial charge in [0.1, 0.15) is 11.6 Å². The highest BCUT2D eigenvalue weighted by Crippen LogP contribution is 2.32. The summed E-state index contributed by atoms with van der Waals surface area (Å²) in [5.74, 6) is 0.0956. The summed E-state index contributed by atoms with van der Waals surface area (Å²) in [4.78, 5) is 25.7. The number of benzene rings is 2. The first-order valence-electron chi connectivity index (χ1n) is 8.74. The number of carbonyl (C=O) groups excluding carboxylic acids is 2. The molecule has 0 spiro atoms. The number of nitrogens with zero attached hydrogens (tertiary/aromatic N) is 1. The Labute approximate surface area is 157 Å². The molecule has 0 atom stereocenters. The van der Waals surface area contributed by atoms with Crippen molar-refractivity contribution >= 4 is 23.3 Å². The minimum absolute atomic E-state index is 0.281. The van der Waals surface area contributed by atoms with Gasteiger partial charge in [-0.1, -0.05) is 6.07 Å². The van der Waals surface area contributed by atoms with Crippen LogP contribution >= 0.6 is 0 Å². The van der Waals surface area contributed by atoms with Crippen molar-refractivity contribution in [2.45, 2.75) is 12.8 Å². The predicted molar refractivity (Wildman–Crippen MR) is 102 cm³/mol. The van der Waals surface area contributed by atoms with Crippen LogP contribution in [0.4, 0.5) is 20.6 Å². The van der Waals surface area contributed by atoms with Gasteiger partial charge < -0.3 is 20.3 Å². The molecule has 2 aromatic carbocycles. The molecule has 2 aromatic rings. The molecule has 3 amide bonds. The molecule has 1 fully saturated rings. The van der Waals surface area contributed by atoms with Crippen LogP contribution in [0, 0.1) is 11.7 Å². The molecule has 3 rings (SSSR count). The summed E-state index contributed by atoms with van der Waals surface area (Å²) in [6.45, 7) is 0.556. The Morgan fingerprint density at radius 2 is 1.93 bits per heavy atom. The lowest BCUT2D eigenvalue weighted by Crippen LogP contribution is -2.27. The molecule has 0 radical (unpaired) electrons. The van der Waals surface area contributed by atoms with Crippen LogP contribution < -0.4 is 15.4 Å². The summed E-state index contributed by atoms with van der Waals surface area (Å²) in [6.07, 6.45) is 2.27. The molecular weight excluding hydrogens is 349 g/mol. The Hall–Kier alpha value is -3.09. The van der Waals surface area contributed by atoms with Gasteiger partial charge in [-0.25, -0.2) is 9.18 Å². The SMILES string of the molecule is CN(C)C(=O)Nc1cccc(C(=O)Nc2cc(F)ccc2OCC2CC2)c1. The summed E-state index contributed by atoms with van der Waals surface area (Å²) < 4.78 is 19.3. The van der Waals surface area contributed by atoms with E-state index in [1.807, 2.05) is 0 Å². The molecule has 1 saturated carbocycles. The van der Waals surface area contributed by atoms with Crippen molar-refractivity contribution in [3.63, 3.8) is 0 Å². The first kappa shape index (κ1) is 18.7. The minimum Gasteiger partial charge on any atom is -0.491 e. The molecule has 0 saturated heterocycles. The van der Waals surface area contributed by atoms with Crippen molar-refractivity contribution in [1.29, 1.82) is 0 Å². The maximum atomic E-state index is 13.6. The largest absolute Gasteiger partial charge is 0.491 e. The predicted octanol–water partition coefficient (Wildman–Crippen LogP) is 3.96. The molecule has 1 aliphatic rings. The molecule has 6 nitrogen and oxygen atoms in total. The van der Waals surface area contributed by atoms with Gasteiger partial charge in [0.15, 0.2) is 0 Å². The average molecular weight is 371 g/mol. The van der Waals surface area contributed by atoms with Crippen molar-refractivity contribution in [1.82, 2.24) is 4.90 Å². The third kappa shape index (κ3) is 5.20. The van der Waals surface area contributed by atoms with Crippen LogP contribution in [0.5, 0.6) is 5.75 Å². The zero-order valence-electron chi connectivity index (χ0n) is 15.3. The van der Waals surface area contributed by atoms with E-state index in [1.165, 1.54) is 23.1 Å². The van der Waals surface area contributed by atoms with Crippen LogP contribution in [-0.4, -0.2) is 37.5 Å². The van der Waals surface area contributed by atoms with Crippen LogP contribution in [0.25, 0.3) is 0 Å². The standard InChI is InChI=1S/C20H22FN3O3/c1-24(2)20(26)22-16-5-3-4-14(10-16)19(25)23-17-11-15(21)8-9-18(17)27-12-13-6-7-13/h3-5,8-11,13H,6-7,12H2,1-2H3,(H,22,26)(H,23,25). The van der Waals surface area contributed by atoms with Crippen molar-refractivity contribution in [3.8, 4) is 5.75 Å². The Morgan fingerprint density at radius 1 is 1.15 bits per heavy atom. The highest BCUT2D eigenvalue weighted by molar-refractivity contribution is 6.06. The minimum atomic E-state index is -0.462. The number of urea groups is 1. The summed E-state index contributed by atoms with van der Waals surface area (Å²) in [6, 6.07) is 10.3. The fourth-order valence-corrected chi connectivity index (χ4v) is 2.39. The maximum Gasteiger partial charge on any atom is 0.321 e. The zero-order valence-corrected chi connectivity index (χ0v) is 15.3. The van der Waals surface area contributed by atoms with Crippen LogP contribution in [0.2, 0.25) is 0 Å². The molecule has 0 bridgehead atoms. The first-order chi connectivity index (χ1) is 12.9. The number of rotatable bonds is 6. The Kier molecular flexibility index (Phi) is 5.59. The van der Waals surface area contributed by atoms with Gasteiger partial charge in [-0.15, -0.1) is 0 Å². The van der Waals surface area contributed by atoms with E-state index in [-0.39, 0.29) is 11.7 Å². The highest BCUT2D eigenvalue weighted by Gasteiger charge is 2.22. The molecule has 142 valence electrons. The van der Waals surface area contributed by atoms with Crippen molar-refractivity contribution in [2.24, 2.45) is 5.92 Å². The smallest absolute Gasteiger partial charge is 0.321 e. The summed E-state index contributed by atoms with van der Waals surface area (Å²) >= 11 is 0. The van der Waals surface area contributed by atoms with Crippen molar-refractivity contribution in [3.05, 3.63) is 53.8 Å². The number of nitrogens with one attached hydrogen (secondary N) is 2. The molecule has 0 aliphatic heterocycles.